The predicted octanol–water partition coefficient (Wildman–Crippen LogP) is 12.3. The lowest BCUT2D eigenvalue weighted by molar-refractivity contribution is -0.386. The van der Waals surface area contributed by atoms with Gasteiger partial charge in [0, 0.05) is 35.8 Å². The largest absolute Gasteiger partial charge is 0.496 e. The van der Waals surface area contributed by atoms with Gasteiger partial charge in [0.2, 0.25) is 11.8 Å². The number of piperidine rings is 2. The molecule has 5 N–H and O–H groups in total. The first-order chi connectivity index (χ1) is 54.0. The van der Waals surface area contributed by atoms with E-state index in [9.17, 15) is 64.4 Å². The van der Waals surface area contributed by atoms with Gasteiger partial charge in [-0.05, 0) is 214 Å². The van der Waals surface area contributed by atoms with Crippen LogP contribution in [0.1, 0.15) is 206 Å². The molecule has 0 aliphatic carbocycles. The van der Waals surface area contributed by atoms with E-state index in [0.717, 1.165) is 16.7 Å². The number of methoxy groups -OCH3 is 4. The van der Waals surface area contributed by atoms with Gasteiger partial charge >= 0.3 is 23.9 Å². The standard InChI is InChI=1S/C86H103N3O23/c1-10-67(60-38-62(45-90)70(48-93)79(43-60)105-8)83(97)87-34-14-12-22-72(87)85(99)111-76(32-27-55-26-31-75(103-6)64(36-55)47-92)58-18-16-20-65(40-58)107-50-81(95)109-53(4)57-29-30-69(74(42-57)89(101)102)54(5)110-82(96)51-108-66-21-17-19-59(41-66)77(33-28-56-25-24-52(3)78(37-56)104-7)112-86(100)73-23-13-15-35-88(73)84(98)68(11-2)61-39-63(46-91)71(49-94)80(44-61)106-9/h16-21,24-26,29-31,36-44,53-54,67-68,72-73,76-77,90-94H,10-15,22-23,27-28,32-35,45-51H2,1-9H3/t53?,54?,67-,68-,72-,73?,76?,77+/m0/s1. The average Bonchev–Trinajstić information content (AvgIpc) is 0.796. The summed E-state index contributed by atoms with van der Waals surface area (Å²) >= 11 is 0. The highest BCUT2D eigenvalue weighted by Crippen LogP contribution is 2.40. The maximum Gasteiger partial charge on any atom is 0.344 e. The van der Waals surface area contributed by atoms with Crippen LogP contribution in [0.2, 0.25) is 0 Å². The van der Waals surface area contributed by atoms with E-state index in [4.69, 9.17) is 47.4 Å². The lowest BCUT2D eigenvalue weighted by Crippen LogP contribution is -2.50. The number of aliphatic hydroxyl groups excluding tert-OH is 5. The molecule has 0 bridgehead atoms. The van der Waals surface area contributed by atoms with E-state index in [-0.39, 0.29) is 67.2 Å². The number of carbonyl (C=O) groups excluding carboxylic acids is 6. The Balaban J connectivity index is 0.842. The average molecular weight is 1550 g/mol. The molecule has 112 heavy (non-hydrogen) atoms. The summed E-state index contributed by atoms with van der Waals surface area (Å²) in [5.74, 6) is -2.68. The van der Waals surface area contributed by atoms with Crippen LogP contribution in [0.3, 0.4) is 0 Å². The minimum absolute atomic E-state index is 0.0383. The van der Waals surface area contributed by atoms with Gasteiger partial charge in [0.25, 0.3) is 5.69 Å². The number of nitrogens with zero attached hydrogens (tertiary/aromatic N) is 3. The fourth-order valence-corrected chi connectivity index (χ4v) is 14.8. The molecule has 0 spiro atoms. The number of nitro groups is 1. The van der Waals surface area contributed by atoms with Gasteiger partial charge in [0.15, 0.2) is 13.2 Å². The monoisotopic (exact) mass is 1550 g/mol. The minimum atomic E-state index is -1.17. The summed E-state index contributed by atoms with van der Waals surface area (Å²) < 4.78 is 58.4. The molecule has 7 aromatic rings. The third-order valence-corrected chi connectivity index (χ3v) is 20.9. The Labute approximate surface area is 652 Å². The number of amides is 2. The zero-order chi connectivity index (χ0) is 80.7. The van der Waals surface area contributed by atoms with Gasteiger partial charge in [-0.15, -0.1) is 0 Å². The van der Waals surface area contributed by atoms with E-state index in [0.29, 0.717) is 150 Å². The van der Waals surface area contributed by atoms with Crippen LogP contribution in [0.25, 0.3) is 0 Å². The second kappa shape index (κ2) is 41.0. The number of nitro benzene ring substituents is 1. The van der Waals surface area contributed by atoms with E-state index >= 15 is 0 Å². The van der Waals surface area contributed by atoms with E-state index in [1.165, 1.54) is 53.4 Å². The minimum Gasteiger partial charge on any atom is -0.496 e. The highest BCUT2D eigenvalue weighted by molar-refractivity contribution is 5.90. The van der Waals surface area contributed by atoms with Gasteiger partial charge < -0.3 is 82.7 Å². The molecule has 2 aliphatic rings. The molecule has 2 heterocycles. The normalized spacial score (nSPS) is 15.8. The van der Waals surface area contributed by atoms with Crippen molar-refractivity contribution in [2.75, 3.05) is 54.7 Å². The van der Waals surface area contributed by atoms with Crippen LogP contribution in [0, 0.1) is 17.0 Å². The van der Waals surface area contributed by atoms with Crippen molar-refractivity contribution in [2.45, 2.75) is 193 Å². The molecule has 600 valence electrons. The first-order valence-electron chi connectivity index (χ1n) is 37.9. The van der Waals surface area contributed by atoms with E-state index in [1.54, 1.807) is 102 Å². The highest BCUT2D eigenvalue weighted by Gasteiger charge is 2.41. The molecule has 8 atom stereocenters. The third-order valence-electron chi connectivity index (χ3n) is 20.9. The smallest absolute Gasteiger partial charge is 0.344 e. The zero-order valence-corrected chi connectivity index (χ0v) is 65.0. The Kier molecular flexibility index (Phi) is 31.3. The molecular weight excluding hydrogens is 1440 g/mol. The molecule has 7 aromatic carbocycles. The molecule has 26 nitrogen and oxygen atoms in total. The molecular formula is C86H103N3O23. The molecule has 2 aliphatic heterocycles. The fraction of sp³-hybridized carbons (Fsp3) is 0.442. The van der Waals surface area contributed by atoms with Gasteiger partial charge in [-0.3, -0.25) is 19.7 Å². The van der Waals surface area contributed by atoms with Crippen molar-refractivity contribution in [3.8, 4) is 34.5 Å². The number of hydrogen-bond donors (Lipinski definition) is 5. The van der Waals surface area contributed by atoms with Gasteiger partial charge in [-0.25, -0.2) is 19.2 Å². The number of aryl methyl sites for hydroxylation is 3. The summed E-state index contributed by atoms with van der Waals surface area (Å²) in [6.07, 6.45) is 1.38. The summed E-state index contributed by atoms with van der Waals surface area (Å²) in [4.78, 5) is 101. The van der Waals surface area contributed by atoms with Crippen molar-refractivity contribution in [1.82, 2.24) is 9.80 Å². The molecule has 26 heteroatoms. The summed E-state index contributed by atoms with van der Waals surface area (Å²) in [6, 6.07) is 33.5. The van der Waals surface area contributed by atoms with E-state index < -0.39 is 109 Å². The van der Waals surface area contributed by atoms with Crippen molar-refractivity contribution in [3.05, 3.63) is 215 Å². The van der Waals surface area contributed by atoms with Crippen molar-refractivity contribution in [3.63, 3.8) is 0 Å². The molecule has 0 radical (unpaired) electrons. The SMILES string of the molecule is CC[C@H](C(=O)N1CCCCC1C(=O)O[C@H](CCc1ccc(C)c(OC)c1)c1cccc(OCC(=O)OC(C)c2ccc(C(C)OC(=O)COc3cccc(C(CCc4ccc(OC)c(CO)c4)OC(=O)[C@@H]4CCCCN4C(=O)[C@@H](CC)c4cc(CO)c(CO)c(OC)c4)c3)cc2[N+](=O)[O-])c1)c1cc(CO)c(CO)c(OC)c1. The molecule has 0 aromatic heterocycles. The Morgan fingerprint density at radius 1 is 0.482 bits per heavy atom. The Bertz CT molecular complexity index is 4380. The quantitative estimate of drug-likeness (QED) is 0.0104. The van der Waals surface area contributed by atoms with E-state index in [2.05, 4.69) is 0 Å². The van der Waals surface area contributed by atoms with Crippen molar-refractivity contribution >= 4 is 41.4 Å². The number of carbonyl (C=O) groups is 6. The highest BCUT2D eigenvalue weighted by atomic mass is 16.6. The maximum atomic E-state index is 14.7. The van der Waals surface area contributed by atoms with Crippen LogP contribution in [-0.4, -0.2) is 143 Å². The number of hydrogen-bond acceptors (Lipinski definition) is 23. The first kappa shape index (κ1) is 85.4. The predicted molar refractivity (Wildman–Crippen MR) is 411 cm³/mol. The molecule has 4 unspecified atom stereocenters. The Morgan fingerprint density at radius 3 is 1.39 bits per heavy atom. The maximum absolute atomic E-state index is 14.7. The Hall–Kier alpha value is -10.6. The number of ether oxygens (including phenoxy) is 10. The lowest BCUT2D eigenvalue weighted by Gasteiger charge is -2.37. The van der Waals surface area contributed by atoms with Crippen LogP contribution in [0.4, 0.5) is 5.69 Å². The molecule has 2 amide bonds. The van der Waals surface area contributed by atoms with Gasteiger partial charge in [-0.1, -0.05) is 74.5 Å². The second-order valence-electron chi connectivity index (χ2n) is 28.0. The summed E-state index contributed by atoms with van der Waals surface area (Å²) in [6.45, 7) is 6.18. The number of aliphatic hydroxyl groups is 5. The van der Waals surface area contributed by atoms with Crippen LogP contribution >= 0.6 is 0 Å². The first-order valence-corrected chi connectivity index (χ1v) is 37.9. The van der Waals surface area contributed by atoms with Gasteiger partial charge in [0.1, 0.15) is 71.0 Å². The van der Waals surface area contributed by atoms with Gasteiger partial charge in [-0.2, -0.15) is 0 Å². The molecule has 0 saturated carbocycles. The van der Waals surface area contributed by atoms with Gasteiger partial charge in [0.05, 0.1) is 83.8 Å². The summed E-state index contributed by atoms with van der Waals surface area (Å²) in [5.41, 5.74) is 6.92. The summed E-state index contributed by atoms with van der Waals surface area (Å²) in [7, 11) is 5.98. The number of esters is 4. The summed E-state index contributed by atoms with van der Waals surface area (Å²) in [5, 5.41) is 63.4. The molecule has 2 fully saturated rings. The third kappa shape index (κ3) is 21.3. The van der Waals surface area contributed by atoms with Crippen LogP contribution in [0.5, 0.6) is 34.5 Å². The number of rotatable bonds is 38. The van der Waals surface area contributed by atoms with Crippen LogP contribution in [-0.2, 0) is 93.6 Å². The Morgan fingerprint density at radius 2 is 0.946 bits per heavy atom. The lowest BCUT2D eigenvalue weighted by atomic mass is 9.89. The molecule has 9 rings (SSSR count). The van der Waals surface area contributed by atoms with Crippen molar-refractivity contribution in [1.29, 1.82) is 0 Å². The van der Waals surface area contributed by atoms with Crippen molar-refractivity contribution in [2.24, 2.45) is 0 Å². The van der Waals surface area contributed by atoms with Crippen LogP contribution in [0.15, 0.2) is 127 Å². The topological polar surface area (TPSA) is 345 Å². The number of benzene rings is 7. The fourth-order valence-electron chi connectivity index (χ4n) is 14.8. The zero-order valence-electron chi connectivity index (χ0n) is 65.0. The number of likely N-dealkylation sites (tertiary alicyclic amines) is 2. The molecule has 2 saturated heterocycles. The van der Waals surface area contributed by atoms with Crippen molar-refractivity contribution < 1.29 is 107 Å². The second-order valence-corrected chi connectivity index (χ2v) is 28.0. The van der Waals surface area contributed by atoms with Crippen LogP contribution < -0.4 is 28.4 Å². The van der Waals surface area contributed by atoms with E-state index in [1.807, 2.05) is 45.0 Å².